The Balaban J connectivity index is 2.22. The summed E-state index contributed by atoms with van der Waals surface area (Å²) in [7, 11) is -3.44. The molecule has 152 valence electrons. The molecule has 1 atom stereocenters. The third-order valence-corrected chi connectivity index (χ3v) is 5.41. The van der Waals surface area contributed by atoms with Crippen molar-refractivity contribution in [3.8, 4) is 0 Å². The number of ether oxygens (including phenoxy) is 1. The van der Waals surface area contributed by atoms with Gasteiger partial charge in [0.25, 0.3) is 0 Å². The number of alkyl halides is 3. The molecule has 0 amide bonds. The molecule has 2 rings (SSSR count). The first kappa shape index (κ1) is 21.8. The average molecular weight is 419 g/mol. The molecule has 0 fully saturated rings. The van der Waals surface area contributed by atoms with Crippen LogP contribution in [-0.2, 0) is 32.2 Å². The monoisotopic (exact) mass is 419 g/mol. The highest BCUT2D eigenvalue weighted by molar-refractivity contribution is 7.89. The highest BCUT2D eigenvalue weighted by Crippen LogP contribution is 2.33. The summed E-state index contributed by atoms with van der Waals surface area (Å²) in [5.74, 6) is -2.25. The van der Waals surface area contributed by atoms with E-state index in [2.05, 4.69) is 4.74 Å². The summed E-state index contributed by atoms with van der Waals surface area (Å²) in [5, 5.41) is 0. The fraction of sp³-hybridized carbons (Fsp3) is 0.278. The van der Waals surface area contributed by atoms with Gasteiger partial charge in [-0.3, -0.25) is 4.79 Å². The van der Waals surface area contributed by atoms with Gasteiger partial charge in [0.15, 0.2) is 0 Å². The standard InChI is InChI=1S/C18H17F4NO4S/c1-27-17(24)13(10-12-6-8-14(19)9-7-12)11-23-28(25,26)16-5-3-2-4-15(16)18(20,21)22/h2-9,13,23H,10-11H2,1H3/t13-/m1/s1. The Morgan fingerprint density at radius 1 is 1.11 bits per heavy atom. The number of sulfonamides is 1. The van der Waals surface area contributed by atoms with E-state index < -0.39 is 50.9 Å². The number of halogens is 4. The SMILES string of the molecule is COC(=O)[C@@H](CNS(=O)(=O)c1ccccc1C(F)(F)F)Cc1ccc(F)cc1. The van der Waals surface area contributed by atoms with Gasteiger partial charge in [-0.15, -0.1) is 0 Å². The first-order chi connectivity index (χ1) is 13.0. The number of nitrogens with one attached hydrogen (secondary N) is 1. The van der Waals surface area contributed by atoms with E-state index in [1.807, 2.05) is 4.72 Å². The van der Waals surface area contributed by atoms with E-state index in [0.29, 0.717) is 11.6 Å². The minimum absolute atomic E-state index is 0.0103. The van der Waals surface area contributed by atoms with E-state index >= 15 is 0 Å². The number of rotatable bonds is 7. The quantitative estimate of drug-likeness (QED) is 0.553. The molecule has 0 bridgehead atoms. The zero-order valence-corrected chi connectivity index (χ0v) is 15.5. The smallest absolute Gasteiger partial charge is 0.417 e. The van der Waals surface area contributed by atoms with Crippen LogP contribution in [0.3, 0.4) is 0 Å². The van der Waals surface area contributed by atoms with Gasteiger partial charge in [-0.25, -0.2) is 17.5 Å². The van der Waals surface area contributed by atoms with Gasteiger partial charge in [0.2, 0.25) is 10.0 Å². The van der Waals surface area contributed by atoms with E-state index in [1.54, 1.807) is 0 Å². The lowest BCUT2D eigenvalue weighted by atomic mass is 9.99. The van der Waals surface area contributed by atoms with Crippen molar-refractivity contribution in [1.29, 1.82) is 0 Å². The van der Waals surface area contributed by atoms with Gasteiger partial charge in [-0.1, -0.05) is 24.3 Å². The largest absolute Gasteiger partial charge is 0.469 e. The van der Waals surface area contributed by atoms with Crippen LogP contribution in [0.5, 0.6) is 0 Å². The summed E-state index contributed by atoms with van der Waals surface area (Å²) in [5.41, 5.74) is -0.776. The third-order valence-electron chi connectivity index (χ3n) is 3.93. The van der Waals surface area contributed by atoms with Gasteiger partial charge in [0, 0.05) is 6.54 Å². The average Bonchev–Trinajstić information content (AvgIpc) is 2.65. The predicted octanol–water partition coefficient (Wildman–Crippen LogP) is 3.15. The Bertz CT molecular complexity index is 927. The minimum Gasteiger partial charge on any atom is -0.469 e. The number of hydrogen-bond acceptors (Lipinski definition) is 4. The van der Waals surface area contributed by atoms with Crippen LogP contribution in [0.1, 0.15) is 11.1 Å². The molecule has 5 nitrogen and oxygen atoms in total. The number of esters is 1. The number of methoxy groups -OCH3 is 1. The molecule has 0 aliphatic carbocycles. The molecule has 0 spiro atoms. The van der Waals surface area contributed by atoms with Gasteiger partial charge in [-0.05, 0) is 36.2 Å². The Labute approximate surface area is 159 Å². The highest BCUT2D eigenvalue weighted by atomic mass is 32.2. The Hall–Kier alpha value is -2.46. The summed E-state index contributed by atoms with van der Waals surface area (Å²) < 4.78 is 83.7. The van der Waals surface area contributed by atoms with Gasteiger partial charge in [0.05, 0.1) is 23.5 Å². The van der Waals surface area contributed by atoms with Crippen LogP contribution in [0.2, 0.25) is 0 Å². The second-order valence-corrected chi connectivity index (χ2v) is 7.63. The fourth-order valence-electron chi connectivity index (χ4n) is 2.53. The molecule has 0 saturated carbocycles. The Morgan fingerprint density at radius 2 is 1.71 bits per heavy atom. The Morgan fingerprint density at radius 3 is 2.29 bits per heavy atom. The van der Waals surface area contributed by atoms with Crippen molar-refractivity contribution in [2.45, 2.75) is 17.5 Å². The van der Waals surface area contributed by atoms with Crippen molar-refractivity contribution in [3.63, 3.8) is 0 Å². The molecule has 28 heavy (non-hydrogen) atoms. The van der Waals surface area contributed by atoms with Crippen LogP contribution in [-0.4, -0.2) is 28.0 Å². The van der Waals surface area contributed by atoms with Gasteiger partial charge in [-0.2, -0.15) is 13.2 Å². The van der Waals surface area contributed by atoms with Crippen LogP contribution >= 0.6 is 0 Å². The van der Waals surface area contributed by atoms with Crippen LogP contribution < -0.4 is 4.72 Å². The van der Waals surface area contributed by atoms with Crippen LogP contribution in [0, 0.1) is 11.7 Å². The van der Waals surface area contributed by atoms with Crippen molar-refractivity contribution in [2.24, 2.45) is 5.92 Å². The van der Waals surface area contributed by atoms with Crippen molar-refractivity contribution < 1.29 is 35.5 Å². The summed E-state index contributed by atoms with van der Waals surface area (Å²) in [6, 6.07) is 8.91. The summed E-state index contributed by atoms with van der Waals surface area (Å²) in [6.45, 7) is -0.488. The van der Waals surface area contributed by atoms with Crippen molar-refractivity contribution >= 4 is 16.0 Å². The van der Waals surface area contributed by atoms with E-state index in [0.717, 1.165) is 19.2 Å². The molecule has 1 N–H and O–H groups in total. The number of benzene rings is 2. The van der Waals surface area contributed by atoms with E-state index in [4.69, 9.17) is 0 Å². The van der Waals surface area contributed by atoms with Crippen LogP contribution in [0.15, 0.2) is 53.4 Å². The first-order valence-corrected chi connectivity index (χ1v) is 9.51. The molecule has 10 heteroatoms. The molecule has 2 aromatic rings. The zero-order valence-electron chi connectivity index (χ0n) is 14.7. The van der Waals surface area contributed by atoms with Gasteiger partial charge in [0.1, 0.15) is 5.82 Å². The number of carbonyl (C=O) groups is 1. The molecule has 0 aromatic heterocycles. The maximum absolute atomic E-state index is 13.1. The molecule has 0 radical (unpaired) electrons. The second kappa shape index (κ2) is 8.70. The van der Waals surface area contributed by atoms with E-state index in [1.165, 1.54) is 30.3 Å². The van der Waals surface area contributed by atoms with Crippen molar-refractivity contribution in [2.75, 3.05) is 13.7 Å². The summed E-state index contributed by atoms with van der Waals surface area (Å²) in [4.78, 5) is 11.0. The van der Waals surface area contributed by atoms with E-state index in [-0.39, 0.29) is 6.42 Å². The summed E-state index contributed by atoms with van der Waals surface area (Å²) in [6.07, 6.45) is -4.85. The van der Waals surface area contributed by atoms with Gasteiger partial charge >= 0.3 is 12.1 Å². The second-order valence-electron chi connectivity index (χ2n) is 5.90. The fourth-order valence-corrected chi connectivity index (χ4v) is 3.84. The summed E-state index contributed by atoms with van der Waals surface area (Å²) >= 11 is 0. The zero-order chi connectivity index (χ0) is 20.9. The lowest BCUT2D eigenvalue weighted by Crippen LogP contribution is -2.35. The predicted molar refractivity (Wildman–Crippen MR) is 92.2 cm³/mol. The number of hydrogen-bond donors (Lipinski definition) is 1. The molecule has 0 saturated heterocycles. The topological polar surface area (TPSA) is 72.5 Å². The van der Waals surface area contributed by atoms with Crippen molar-refractivity contribution in [3.05, 3.63) is 65.5 Å². The molecule has 0 aliphatic rings. The molecule has 2 aromatic carbocycles. The third kappa shape index (κ3) is 5.52. The molecule has 0 unspecified atom stereocenters. The molecule has 0 heterocycles. The highest BCUT2D eigenvalue weighted by Gasteiger charge is 2.37. The Kier molecular flexibility index (Phi) is 6.78. The van der Waals surface area contributed by atoms with Gasteiger partial charge < -0.3 is 4.74 Å². The molecular weight excluding hydrogens is 402 g/mol. The first-order valence-electron chi connectivity index (χ1n) is 8.03. The lowest BCUT2D eigenvalue weighted by Gasteiger charge is -2.17. The maximum Gasteiger partial charge on any atom is 0.417 e. The minimum atomic E-state index is -4.86. The van der Waals surface area contributed by atoms with Crippen LogP contribution in [0.25, 0.3) is 0 Å². The maximum atomic E-state index is 13.1. The number of carbonyl (C=O) groups excluding carboxylic acids is 1. The van der Waals surface area contributed by atoms with Crippen molar-refractivity contribution in [1.82, 2.24) is 4.72 Å². The molecular formula is C18H17F4NO4S. The van der Waals surface area contributed by atoms with E-state index in [9.17, 15) is 30.8 Å². The van der Waals surface area contributed by atoms with Crippen LogP contribution in [0.4, 0.5) is 17.6 Å². The lowest BCUT2D eigenvalue weighted by molar-refractivity contribution is -0.145. The normalized spacial score (nSPS) is 13.2. The molecule has 0 aliphatic heterocycles.